The van der Waals surface area contributed by atoms with E-state index in [1.165, 1.54) is 0 Å². The van der Waals surface area contributed by atoms with Gasteiger partial charge in [-0.25, -0.2) is 0 Å². The molecule has 0 bridgehead atoms. The molecule has 0 aromatic rings. The quantitative estimate of drug-likeness (QED) is 0.254. The van der Waals surface area contributed by atoms with Crippen molar-refractivity contribution in [1.82, 2.24) is 20.9 Å². The van der Waals surface area contributed by atoms with Crippen molar-refractivity contribution in [1.29, 1.82) is 0 Å². The van der Waals surface area contributed by atoms with Crippen molar-refractivity contribution >= 4 is 0 Å². The molecular weight excluding hydrogens is 228 g/mol. The summed E-state index contributed by atoms with van der Waals surface area (Å²) in [6, 6.07) is 0. The molecule has 18 heavy (non-hydrogen) atoms. The molecule has 1 unspecified atom stereocenters. The Morgan fingerprint density at radius 2 is 1.94 bits per heavy atom. The van der Waals surface area contributed by atoms with Gasteiger partial charge in [0.1, 0.15) is 5.79 Å². The molecule has 1 aliphatic rings. The first-order chi connectivity index (χ1) is 8.73. The maximum Gasteiger partial charge on any atom is 0.123 e. The fourth-order valence-corrected chi connectivity index (χ4v) is 2.40. The molecule has 108 valence electrons. The molecule has 0 amide bonds. The maximum absolute atomic E-state index is 6.53. The van der Waals surface area contributed by atoms with E-state index < -0.39 is 0 Å². The van der Waals surface area contributed by atoms with Gasteiger partial charge < -0.3 is 22.1 Å². The second-order valence-corrected chi connectivity index (χ2v) is 4.88. The van der Waals surface area contributed by atoms with Crippen molar-refractivity contribution in [3.63, 3.8) is 0 Å². The van der Waals surface area contributed by atoms with Crippen LogP contribution in [0.4, 0.5) is 0 Å². The first kappa shape index (κ1) is 15.8. The van der Waals surface area contributed by atoms with E-state index >= 15 is 0 Å². The zero-order chi connectivity index (χ0) is 13.3. The third-order valence-electron chi connectivity index (χ3n) is 3.37. The van der Waals surface area contributed by atoms with E-state index in [9.17, 15) is 0 Å². The van der Waals surface area contributed by atoms with Gasteiger partial charge >= 0.3 is 0 Å². The summed E-state index contributed by atoms with van der Waals surface area (Å²) < 4.78 is 0. The topological polar surface area (TPSA) is 91.4 Å². The highest BCUT2D eigenvalue weighted by Gasteiger charge is 2.31. The van der Waals surface area contributed by atoms with Gasteiger partial charge in [-0.3, -0.25) is 10.2 Å². The minimum atomic E-state index is -0.360. The number of nitrogens with zero attached hydrogens (tertiary/aromatic N) is 1. The monoisotopic (exact) mass is 258 g/mol. The lowest BCUT2D eigenvalue weighted by molar-refractivity contribution is 0.0392. The van der Waals surface area contributed by atoms with Gasteiger partial charge in [0.25, 0.3) is 0 Å². The highest BCUT2D eigenvalue weighted by molar-refractivity contribution is 4.85. The highest BCUT2D eigenvalue weighted by Crippen LogP contribution is 2.13. The highest BCUT2D eigenvalue weighted by atomic mass is 15.4. The van der Waals surface area contributed by atoms with E-state index in [4.69, 9.17) is 11.5 Å². The summed E-state index contributed by atoms with van der Waals surface area (Å²) in [4.78, 5) is 2.36. The van der Waals surface area contributed by atoms with Crippen LogP contribution in [0.1, 0.15) is 19.8 Å². The Bertz CT molecular complexity index is 207. The number of hydrogen-bond donors (Lipinski definition) is 5. The molecule has 1 fully saturated rings. The summed E-state index contributed by atoms with van der Waals surface area (Å²) in [7, 11) is 0. The number of nitrogens with two attached hydrogens (primary N) is 2. The van der Waals surface area contributed by atoms with E-state index in [0.717, 1.165) is 58.7 Å². The van der Waals surface area contributed by atoms with Gasteiger partial charge in [0, 0.05) is 52.4 Å². The summed E-state index contributed by atoms with van der Waals surface area (Å²) >= 11 is 0. The molecule has 0 aromatic heterocycles. The molecule has 0 aliphatic carbocycles. The molecule has 6 nitrogen and oxygen atoms in total. The molecule has 1 rings (SSSR count). The Labute approximate surface area is 111 Å². The normalized spacial score (nSPS) is 20.8. The SMILES string of the molecule is CCCC(N)(NCCNCCN)N1CCNCC1. The van der Waals surface area contributed by atoms with Crippen LogP contribution in [0.15, 0.2) is 0 Å². The smallest absolute Gasteiger partial charge is 0.123 e. The van der Waals surface area contributed by atoms with E-state index in [1.54, 1.807) is 0 Å². The molecule has 0 radical (unpaired) electrons. The molecule has 0 aromatic carbocycles. The Kier molecular flexibility index (Phi) is 7.73. The van der Waals surface area contributed by atoms with Crippen LogP contribution >= 0.6 is 0 Å². The average Bonchev–Trinajstić information content (AvgIpc) is 2.40. The Morgan fingerprint density at radius 3 is 2.56 bits per heavy atom. The summed E-state index contributed by atoms with van der Waals surface area (Å²) in [6.07, 6.45) is 2.06. The molecule has 0 spiro atoms. The lowest BCUT2D eigenvalue weighted by Gasteiger charge is -2.44. The fraction of sp³-hybridized carbons (Fsp3) is 1.00. The molecule has 1 saturated heterocycles. The largest absolute Gasteiger partial charge is 0.329 e. The summed E-state index contributed by atoms with van der Waals surface area (Å²) in [5.41, 5.74) is 12.0. The number of rotatable bonds is 9. The summed E-state index contributed by atoms with van der Waals surface area (Å²) in [5, 5.41) is 10.1. The zero-order valence-corrected chi connectivity index (χ0v) is 11.7. The predicted molar refractivity (Wildman–Crippen MR) is 76.2 cm³/mol. The molecule has 1 atom stereocenters. The van der Waals surface area contributed by atoms with Crippen molar-refractivity contribution in [2.24, 2.45) is 11.5 Å². The van der Waals surface area contributed by atoms with Crippen molar-refractivity contribution in [2.45, 2.75) is 25.6 Å². The Morgan fingerprint density at radius 1 is 1.22 bits per heavy atom. The first-order valence-corrected chi connectivity index (χ1v) is 7.13. The maximum atomic E-state index is 6.53. The average molecular weight is 258 g/mol. The molecule has 0 saturated carbocycles. The molecular formula is C12H30N6. The fourth-order valence-electron chi connectivity index (χ4n) is 2.40. The van der Waals surface area contributed by atoms with E-state index in [0.29, 0.717) is 6.54 Å². The zero-order valence-electron chi connectivity index (χ0n) is 11.7. The van der Waals surface area contributed by atoms with E-state index in [2.05, 4.69) is 27.8 Å². The van der Waals surface area contributed by atoms with Crippen LogP contribution in [0.5, 0.6) is 0 Å². The Hall–Kier alpha value is -0.240. The van der Waals surface area contributed by atoms with Crippen LogP contribution in [-0.4, -0.2) is 63.0 Å². The van der Waals surface area contributed by atoms with Crippen molar-refractivity contribution in [3.05, 3.63) is 0 Å². The molecule has 1 heterocycles. The van der Waals surface area contributed by atoms with Gasteiger partial charge in [-0.1, -0.05) is 13.3 Å². The summed E-state index contributed by atoms with van der Waals surface area (Å²) in [6.45, 7) is 9.58. The van der Waals surface area contributed by atoms with Crippen LogP contribution in [0.25, 0.3) is 0 Å². The van der Waals surface area contributed by atoms with Crippen LogP contribution < -0.4 is 27.4 Å². The van der Waals surface area contributed by atoms with Gasteiger partial charge in [-0.05, 0) is 6.42 Å². The van der Waals surface area contributed by atoms with Gasteiger partial charge in [0.2, 0.25) is 0 Å². The Balaban J connectivity index is 2.35. The molecule has 7 N–H and O–H groups in total. The van der Waals surface area contributed by atoms with Gasteiger partial charge in [0.15, 0.2) is 0 Å². The third kappa shape index (κ3) is 5.17. The predicted octanol–water partition coefficient (Wildman–Crippen LogP) is -1.56. The van der Waals surface area contributed by atoms with Crippen LogP contribution in [0.2, 0.25) is 0 Å². The van der Waals surface area contributed by atoms with Crippen LogP contribution in [0.3, 0.4) is 0 Å². The van der Waals surface area contributed by atoms with E-state index in [-0.39, 0.29) is 5.79 Å². The van der Waals surface area contributed by atoms with Gasteiger partial charge in [-0.2, -0.15) is 0 Å². The minimum Gasteiger partial charge on any atom is -0.329 e. The first-order valence-electron chi connectivity index (χ1n) is 7.13. The number of nitrogens with one attached hydrogen (secondary N) is 3. The second-order valence-electron chi connectivity index (χ2n) is 4.88. The molecule has 6 heteroatoms. The van der Waals surface area contributed by atoms with Gasteiger partial charge in [-0.15, -0.1) is 0 Å². The summed E-state index contributed by atoms with van der Waals surface area (Å²) in [5.74, 6) is -0.360. The number of piperazine rings is 1. The van der Waals surface area contributed by atoms with Crippen molar-refractivity contribution < 1.29 is 0 Å². The lowest BCUT2D eigenvalue weighted by atomic mass is 10.1. The van der Waals surface area contributed by atoms with Crippen molar-refractivity contribution in [3.8, 4) is 0 Å². The third-order valence-corrected chi connectivity index (χ3v) is 3.37. The standard InChI is InChI=1S/C12H30N6/c1-2-3-12(14,17-7-6-15-5-4-13)18-10-8-16-9-11-18/h15-17H,2-11,13-14H2,1H3. The number of hydrogen-bond acceptors (Lipinski definition) is 6. The second kappa shape index (κ2) is 8.79. The van der Waals surface area contributed by atoms with Gasteiger partial charge in [0.05, 0.1) is 0 Å². The van der Waals surface area contributed by atoms with Crippen LogP contribution in [0, 0.1) is 0 Å². The van der Waals surface area contributed by atoms with Crippen LogP contribution in [-0.2, 0) is 0 Å². The molecule has 1 aliphatic heterocycles. The minimum absolute atomic E-state index is 0.360. The van der Waals surface area contributed by atoms with E-state index in [1.807, 2.05) is 0 Å². The van der Waals surface area contributed by atoms with Crippen molar-refractivity contribution in [2.75, 3.05) is 52.4 Å². The lowest BCUT2D eigenvalue weighted by Crippen LogP contribution is -2.69.